The summed E-state index contributed by atoms with van der Waals surface area (Å²) < 4.78 is 5.13. The van der Waals surface area contributed by atoms with Crippen LogP contribution in [-0.4, -0.2) is 58.0 Å². The average Bonchev–Trinajstić information content (AvgIpc) is 3.29. The molecule has 3 rings (SSSR count). The molecule has 0 aliphatic heterocycles. The standard InChI is InChI=1S/C18H27N3O4S/c1-11-16(12(2)25-20-11)9-26-10-17(22)19-14-5-15(6-14)21(8-18(23)24)7-13-3-4-13/h13-15H,3-10H2,1-2H3,(H,19,22)(H,23,24). The summed E-state index contributed by atoms with van der Waals surface area (Å²) in [4.78, 5) is 25.2. The van der Waals surface area contributed by atoms with Gasteiger partial charge in [0.15, 0.2) is 0 Å². The number of thioether (sulfide) groups is 1. The second kappa shape index (κ2) is 8.43. The van der Waals surface area contributed by atoms with Crippen molar-refractivity contribution in [3.63, 3.8) is 0 Å². The average molecular weight is 381 g/mol. The lowest BCUT2D eigenvalue weighted by Gasteiger charge is -2.42. The predicted molar refractivity (Wildman–Crippen MR) is 99.0 cm³/mol. The Morgan fingerprint density at radius 2 is 2.08 bits per heavy atom. The maximum atomic E-state index is 12.1. The van der Waals surface area contributed by atoms with E-state index in [-0.39, 0.29) is 24.5 Å². The highest BCUT2D eigenvalue weighted by Gasteiger charge is 2.37. The van der Waals surface area contributed by atoms with Crippen molar-refractivity contribution >= 4 is 23.6 Å². The minimum absolute atomic E-state index is 0.0391. The van der Waals surface area contributed by atoms with Crippen LogP contribution in [-0.2, 0) is 15.3 Å². The monoisotopic (exact) mass is 381 g/mol. The van der Waals surface area contributed by atoms with E-state index in [2.05, 4.69) is 15.4 Å². The van der Waals surface area contributed by atoms with Crippen LogP contribution in [0.5, 0.6) is 0 Å². The minimum Gasteiger partial charge on any atom is -0.480 e. The number of aryl methyl sites for hydroxylation is 2. The van der Waals surface area contributed by atoms with Crippen LogP contribution in [0.1, 0.15) is 42.7 Å². The van der Waals surface area contributed by atoms with Gasteiger partial charge in [0.25, 0.3) is 0 Å². The molecule has 1 amide bonds. The molecule has 0 spiro atoms. The summed E-state index contributed by atoms with van der Waals surface area (Å²) in [6, 6.07) is 0.453. The maximum Gasteiger partial charge on any atom is 0.317 e. The van der Waals surface area contributed by atoms with E-state index in [1.165, 1.54) is 12.8 Å². The van der Waals surface area contributed by atoms with Crippen LogP contribution >= 0.6 is 11.8 Å². The van der Waals surface area contributed by atoms with Crippen molar-refractivity contribution in [3.8, 4) is 0 Å². The minimum atomic E-state index is -0.770. The van der Waals surface area contributed by atoms with Gasteiger partial charge in [0.05, 0.1) is 18.0 Å². The molecule has 7 nitrogen and oxygen atoms in total. The summed E-state index contributed by atoms with van der Waals surface area (Å²) in [5, 5.41) is 16.1. The van der Waals surface area contributed by atoms with Crippen molar-refractivity contribution < 1.29 is 19.2 Å². The van der Waals surface area contributed by atoms with Crippen molar-refractivity contribution in [1.82, 2.24) is 15.4 Å². The van der Waals surface area contributed by atoms with Crippen molar-refractivity contribution in [2.45, 2.75) is 57.4 Å². The zero-order valence-corrected chi connectivity index (χ0v) is 16.2. The third-order valence-corrected chi connectivity index (χ3v) is 6.14. The van der Waals surface area contributed by atoms with E-state index in [1.54, 1.807) is 11.8 Å². The van der Waals surface area contributed by atoms with Gasteiger partial charge in [-0.1, -0.05) is 5.16 Å². The second-order valence-electron chi connectivity index (χ2n) is 7.45. The highest BCUT2D eigenvalue weighted by Crippen LogP contribution is 2.33. The van der Waals surface area contributed by atoms with Crippen molar-refractivity contribution in [3.05, 3.63) is 17.0 Å². The third-order valence-electron chi connectivity index (χ3n) is 5.18. The summed E-state index contributed by atoms with van der Waals surface area (Å²) in [5.41, 5.74) is 1.95. The number of hydrogen-bond donors (Lipinski definition) is 2. The maximum absolute atomic E-state index is 12.1. The quantitative estimate of drug-likeness (QED) is 0.640. The van der Waals surface area contributed by atoms with E-state index in [4.69, 9.17) is 9.63 Å². The molecule has 2 aliphatic carbocycles. The number of carbonyl (C=O) groups is 2. The lowest BCUT2D eigenvalue weighted by molar-refractivity contribution is -0.140. The molecule has 0 aromatic carbocycles. The fourth-order valence-electron chi connectivity index (χ4n) is 3.38. The normalized spacial score (nSPS) is 22.3. The SMILES string of the molecule is Cc1noc(C)c1CSCC(=O)NC1CC(N(CC(=O)O)CC2CC2)C1. The Bertz CT molecular complexity index is 633. The Labute approximate surface area is 157 Å². The van der Waals surface area contributed by atoms with Crippen molar-refractivity contribution in [2.24, 2.45) is 5.92 Å². The van der Waals surface area contributed by atoms with Gasteiger partial charge in [-0.2, -0.15) is 0 Å². The first-order valence-electron chi connectivity index (χ1n) is 9.17. The van der Waals surface area contributed by atoms with Crippen molar-refractivity contribution in [2.75, 3.05) is 18.8 Å². The highest BCUT2D eigenvalue weighted by atomic mass is 32.2. The van der Waals surface area contributed by atoms with Gasteiger partial charge in [0, 0.05) is 29.9 Å². The Hall–Kier alpha value is -1.54. The number of amides is 1. The summed E-state index contributed by atoms with van der Waals surface area (Å²) in [6.07, 6.45) is 4.12. The van der Waals surface area contributed by atoms with Gasteiger partial charge >= 0.3 is 5.97 Å². The fraction of sp³-hybridized carbons (Fsp3) is 0.722. The summed E-state index contributed by atoms with van der Waals surface area (Å²) >= 11 is 1.56. The lowest BCUT2D eigenvalue weighted by atomic mass is 9.85. The number of aliphatic carboxylic acids is 1. The zero-order chi connectivity index (χ0) is 18.7. The van der Waals surface area contributed by atoms with Gasteiger partial charge in [-0.25, -0.2) is 0 Å². The van der Waals surface area contributed by atoms with E-state index in [0.29, 0.717) is 11.7 Å². The number of carboxylic acid groups (broad SMARTS) is 1. The smallest absolute Gasteiger partial charge is 0.317 e. The molecule has 1 heterocycles. The van der Waals surface area contributed by atoms with Crippen LogP contribution in [0.25, 0.3) is 0 Å². The van der Waals surface area contributed by atoms with E-state index >= 15 is 0 Å². The number of hydrogen-bond acceptors (Lipinski definition) is 6. The van der Waals surface area contributed by atoms with Gasteiger partial charge < -0.3 is 14.9 Å². The predicted octanol–water partition coefficient (Wildman–Crippen LogP) is 1.97. The molecule has 2 saturated carbocycles. The molecule has 1 aromatic heterocycles. The molecule has 144 valence electrons. The third kappa shape index (κ3) is 5.23. The second-order valence-corrected chi connectivity index (χ2v) is 8.44. The Morgan fingerprint density at radius 1 is 1.35 bits per heavy atom. The summed E-state index contributed by atoms with van der Waals surface area (Å²) in [5.74, 6) is 1.88. The van der Waals surface area contributed by atoms with Crippen LogP contribution in [0.15, 0.2) is 4.52 Å². The topological polar surface area (TPSA) is 95.7 Å². The van der Waals surface area contributed by atoms with E-state index < -0.39 is 5.97 Å². The molecule has 0 atom stereocenters. The van der Waals surface area contributed by atoms with Gasteiger partial charge in [-0.05, 0) is 45.4 Å². The summed E-state index contributed by atoms with van der Waals surface area (Å²) in [6.45, 7) is 4.78. The van der Waals surface area contributed by atoms with Gasteiger partial charge in [0.1, 0.15) is 5.76 Å². The first kappa shape index (κ1) is 19.2. The number of nitrogens with one attached hydrogen (secondary N) is 1. The lowest BCUT2D eigenvalue weighted by Crippen LogP contribution is -2.55. The first-order chi connectivity index (χ1) is 12.4. The first-order valence-corrected chi connectivity index (χ1v) is 10.3. The molecule has 2 aliphatic rings. The molecule has 26 heavy (non-hydrogen) atoms. The Balaban J connectivity index is 1.35. The van der Waals surface area contributed by atoms with Gasteiger partial charge in [0.2, 0.25) is 5.91 Å². The van der Waals surface area contributed by atoms with E-state index in [9.17, 15) is 9.59 Å². The Morgan fingerprint density at radius 3 is 2.65 bits per heavy atom. The van der Waals surface area contributed by atoms with Crippen LogP contribution in [0.4, 0.5) is 0 Å². The molecule has 0 bridgehead atoms. The zero-order valence-electron chi connectivity index (χ0n) is 15.4. The number of nitrogens with zero attached hydrogens (tertiary/aromatic N) is 2. The molecule has 0 radical (unpaired) electrons. The molecule has 2 fully saturated rings. The molecule has 1 aromatic rings. The molecule has 0 unspecified atom stereocenters. The number of carboxylic acids is 1. The number of aromatic nitrogens is 1. The Kier molecular flexibility index (Phi) is 6.24. The van der Waals surface area contributed by atoms with Crippen molar-refractivity contribution in [1.29, 1.82) is 0 Å². The van der Waals surface area contributed by atoms with Crippen LogP contribution in [0, 0.1) is 19.8 Å². The molecule has 8 heteroatoms. The molecular weight excluding hydrogens is 354 g/mol. The van der Waals surface area contributed by atoms with E-state index in [1.807, 2.05) is 13.8 Å². The molecule has 0 saturated heterocycles. The van der Waals surface area contributed by atoms with Gasteiger partial charge in [-0.3, -0.25) is 14.5 Å². The van der Waals surface area contributed by atoms with Crippen LogP contribution in [0.3, 0.4) is 0 Å². The number of carbonyl (C=O) groups excluding carboxylic acids is 1. The van der Waals surface area contributed by atoms with E-state index in [0.717, 1.165) is 42.2 Å². The van der Waals surface area contributed by atoms with Crippen LogP contribution < -0.4 is 5.32 Å². The fourth-order valence-corrected chi connectivity index (χ4v) is 4.36. The largest absolute Gasteiger partial charge is 0.480 e. The number of rotatable bonds is 10. The highest BCUT2D eigenvalue weighted by molar-refractivity contribution is 7.99. The molecule has 2 N–H and O–H groups in total. The van der Waals surface area contributed by atoms with Gasteiger partial charge in [-0.15, -0.1) is 11.8 Å². The summed E-state index contributed by atoms with van der Waals surface area (Å²) in [7, 11) is 0. The molecular formula is C18H27N3O4S. The van der Waals surface area contributed by atoms with Crippen LogP contribution in [0.2, 0.25) is 0 Å².